The van der Waals surface area contributed by atoms with Crippen molar-refractivity contribution in [2.45, 2.75) is 62.4 Å². The summed E-state index contributed by atoms with van der Waals surface area (Å²) in [5.74, 6) is 1.75. The van der Waals surface area contributed by atoms with Crippen LogP contribution in [0.3, 0.4) is 0 Å². The van der Waals surface area contributed by atoms with Crippen molar-refractivity contribution in [3.8, 4) is 17.2 Å². The van der Waals surface area contributed by atoms with E-state index in [0.29, 0.717) is 0 Å². The number of rotatable bonds is 6. The second-order valence-corrected chi connectivity index (χ2v) is 10.3. The first-order valence-corrected chi connectivity index (χ1v) is 12.7. The molecule has 3 aliphatic rings. The number of ether oxygens (including phenoxy) is 3. The maximum atomic E-state index is 13.7. The van der Waals surface area contributed by atoms with Gasteiger partial charge in [0.2, 0.25) is 5.78 Å². The van der Waals surface area contributed by atoms with Crippen molar-refractivity contribution in [1.29, 1.82) is 0 Å². The molecule has 40 heavy (non-hydrogen) atoms. The fourth-order valence-electron chi connectivity index (χ4n) is 5.88. The van der Waals surface area contributed by atoms with Crippen LogP contribution in [0, 0.1) is 0 Å². The molecule has 2 aromatic carbocycles. The summed E-state index contributed by atoms with van der Waals surface area (Å²) in [7, 11) is 1.32. The number of fused-ring (bicyclic) bond motifs is 3. The van der Waals surface area contributed by atoms with E-state index in [0.717, 1.165) is 0 Å². The largest absolute Gasteiger partial charge is 0.507 e. The van der Waals surface area contributed by atoms with Crippen LogP contribution < -0.4 is 16.0 Å². The highest BCUT2D eigenvalue weighted by Crippen LogP contribution is 2.52. The third-order valence-corrected chi connectivity index (χ3v) is 7.97. The highest BCUT2D eigenvalue weighted by Gasteiger charge is 2.50. The molecule has 4 unspecified atom stereocenters. The number of methoxy groups -OCH3 is 1. The first kappa shape index (κ1) is 28.1. The number of ketones is 3. The van der Waals surface area contributed by atoms with Crippen LogP contribution in [-0.2, 0) is 20.7 Å². The molecule has 214 valence electrons. The van der Waals surface area contributed by atoms with E-state index in [9.17, 15) is 39.9 Å². The quantitative estimate of drug-likeness (QED) is 0.115. The summed E-state index contributed by atoms with van der Waals surface area (Å²) in [4.78, 5) is 39.8. The van der Waals surface area contributed by atoms with Gasteiger partial charge in [0.15, 0.2) is 17.9 Å². The van der Waals surface area contributed by atoms with Gasteiger partial charge in [0, 0.05) is 36.0 Å². The maximum absolute atomic E-state index is 13.7. The zero-order chi connectivity index (χ0) is 29.1. The molecule has 0 spiro atoms. The Morgan fingerprint density at radius 2 is 1.88 bits per heavy atom. The predicted molar refractivity (Wildman–Crippen MR) is 135 cm³/mol. The highest BCUT2D eigenvalue weighted by molar-refractivity contribution is 6.31. The van der Waals surface area contributed by atoms with Crippen LogP contribution >= 0.6 is 0 Å². The molecule has 0 amide bonds. The zero-order valence-electron chi connectivity index (χ0n) is 21.7. The molecule has 0 radical (unpaired) electrons. The first-order valence-electron chi connectivity index (χ1n) is 12.7. The number of phenols is 2. The van der Waals surface area contributed by atoms with Crippen LogP contribution in [0.4, 0.5) is 0 Å². The minimum absolute atomic E-state index is 0.0277. The van der Waals surface area contributed by atoms with Gasteiger partial charge in [0.25, 0.3) is 0 Å². The molecule has 1 heterocycles. The number of aromatic hydroxyl groups is 2. The van der Waals surface area contributed by atoms with E-state index in [-0.39, 0.29) is 34.4 Å². The zero-order valence-corrected chi connectivity index (χ0v) is 21.7. The Morgan fingerprint density at radius 1 is 1.18 bits per heavy atom. The lowest BCUT2D eigenvalue weighted by Gasteiger charge is -2.42. The average molecular weight is 559 g/mol. The molecule has 1 saturated heterocycles. The van der Waals surface area contributed by atoms with E-state index in [1.54, 1.807) is 6.92 Å². The number of hydrogen-bond donors (Lipinski definition) is 7. The van der Waals surface area contributed by atoms with Crippen LogP contribution in [0.5, 0.6) is 17.2 Å². The smallest absolute Gasteiger partial charge is 0.202 e. The highest BCUT2D eigenvalue weighted by atomic mass is 16.7. The van der Waals surface area contributed by atoms with Gasteiger partial charge in [-0.1, -0.05) is 12.1 Å². The van der Waals surface area contributed by atoms with E-state index in [1.807, 2.05) is 0 Å². The first-order chi connectivity index (χ1) is 19.0. The Kier molecular flexibility index (Phi) is 7.17. The molecule has 13 nitrogen and oxygen atoms in total. The number of aliphatic hydroxyl groups excluding tert-OH is 2. The van der Waals surface area contributed by atoms with Crippen LogP contribution in [-0.4, -0.2) is 86.7 Å². The Hall–Kier alpha value is -3.43. The summed E-state index contributed by atoms with van der Waals surface area (Å²) >= 11 is 0. The van der Waals surface area contributed by atoms with Gasteiger partial charge in [-0.3, -0.25) is 25.7 Å². The Morgan fingerprint density at radius 3 is 2.52 bits per heavy atom. The van der Waals surface area contributed by atoms with Gasteiger partial charge in [-0.2, -0.15) is 0 Å². The lowest BCUT2D eigenvalue weighted by atomic mass is 9.72. The number of hydrogen-bond acceptors (Lipinski definition) is 13. The molecule has 2 aliphatic carbocycles. The molecular weight excluding hydrogens is 528 g/mol. The molecule has 6 atom stereocenters. The number of Topliss-reactive ketones (excluding diaryl/α,β-unsaturated/α-hetero) is 1. The third kappa shape index (κ3) is 4.18. The fraction of sp³-hybridized carbons (Fsp3) is 0.444. The fourth-order valence-corrected chi connectivity index (χ4v) is 5.88. The molecule has 0 saturated carbocycles. The molecule has 1 fully saturated rings. The lowest BCUT2D eigenvalue weighted by Crippen LogP contribution is -2.56. The van der Waals surface area contributed by atoms with E-state index in [1.165, 1.54) is 25.3 Å². The number of phenolic OH excluding ortho intramolecular Hbond substituents is 2. The second-order valence-electron chi connectivity index (χ2n) is 10.3. The predicted octanol–water partition coefficient (Wildman–Crippen LogP) is -0.494. The Labute approximate surface area is 228 Å². The molecule has 1 aliphatic heterocycles. The van der Waals surface area contributed by atoms with E-state index in [2.05, 4.69) is 5.43 Å². The number of hydrazine groups is 1. The third-order valence-electron chi connectivity index (χ3n) is 7.97. The van der Waals surface area contributed by atoms with Gasteiger partial charge in [0.1, 0.15) is 29.5 Å². The van der Waals surface area contributed by atoms with Crippen LogP contribution in [0.25, 0.3) is 0 Å². The normalized spacial score (nSPS) is 29.4. The van der Waals surface area contributed by atoms with E-state index in [4.69, 9.17) is 20.1 Å². The number of carbonyl (C=O) groups is 3. The summed E-state index contributed by atoms with van der Waals surface area (Å²) < 4.78 is 17.1. The number of nitrogens with one attached hydrogen (secondary N) is 1. The summed E-state index contributed by atoms with van der Waals surface area (Å²) in [6.07, 6.45) is -5.17. The molecule has 0 bridgehead atoms. The van der Waals surface area contributed by atoms with E-state index < -0.39 is 95.7 Å². The van der Waals surface area contributed by atoms with Crippen molar-refractivity contribution in [3.05, 3.63) is 51.6 Å². The lowest BCUT2D eigenvalue weighted by molar-refractivity contribution is -0.249. The van der Waals surface area contributed by atoms with Crippen LogP contribution in [0.15, 0.2) is 18.2 Å². The van der Waals surface area contributed by atoms with Crippen LogP contribution in [0.2, 0.25) is 0 Å². The number of aliphatic hydroxyl groups is 3. The van der Waals surface area contributed by atoms with Gasteiger partial charge in [0.05, 0.1) is 48.2 Å². The molecular formula is C27H30N2O11. The van der Waals surface area contributed by atoms with Crippen molar-refractivity contribution >= 4 is 17.3 Å². The van der Waals surface area contributed by atoms with Crippen LogP contribution in [0.1, 0.15) is 68.8 Å². The van der Waals surface area contributed by atoms with Crippen molar-refractivity contribution in [3.63, 3.8) is 0 Å². The topological polar surface area (TPSA) is 218 Å². The molecule has 5 rings (SSSR count). The maximum Gasteiger partial charge on any atom is 0.202 e. The van der Waals surface area contributed by atoms with Gasteiger partial charge < -0.3 is 39.7 Å². The summed E-state index contributed by atoms with van der Waals surface area (Å²) in [5.41, 5.74) is -1.19. The van der Waals surface area contributed by atoms with Gasteiger partial charge >= 0.3 is 0 Å². The van der Waals surface area contributed by atoms with Gasteiger partial charge in [-0.05, 0) is 13.0 Å². The Balaban J connectivity index is 1.68. The summed E-state index contributed by atoms with van der Waals surface area (Å²) in [6.45, 7) is 0.558. The average Bonchev–Trinajstić information content (AvgIpc) is 2.94. The second kappa shape index (κ2) is 10.2. The van der Waals surface area contributed by atoms with Crippen molar-refractivity contribution in [2.75, 3.05) is 13.7 Å². The van der Waals surface area contributed by atoms with Gasteiger partial charge in [-0.15, -0.1) is 0 Å². The number of carbonyl (C=O) groups excluding carboxylic acids is 3. The minimum Gasteiger partial charge on any atom is -0.507 e. The minimum atomic E-state index is -2.25. The van der Waals surface area contributed by atoms with Gasteiger partial charge in [-0.25, -0.2) is 0 Å². The molecule has 13 heteroatoms. The summed E-state index contributed by atoms with van der Waals surface area (Å²) in [5, 5.41) is 54.0. The molecule has 2 aromatic rings. The molecule has 0 aromatic heterocycles. The standard InChI is InChI=1S/C27H30N2O11/c1-10-22(32)13(29-28)6-17(39-10)40-15-8-27(37,16(31)9-30)7-12-19(15)26(36)21-20(24(12)34)23(33)11-4-3-5-14(38-2)18(11)25(21)35/h3-5,10,13,15,17,22,29-30,32,34,36-37H,6-9,28H2,1-2H3/t10?,13?,15-,17?,22?,27-/m0/s1. The molecule has 8 N–H and O–H groups in total. The monoisotopic (exact) mass is 558 g/mol. The van der Waals surface area contributed by atoms with Crippen molar-refractivity contribution in [2.24, 2.45) is 5.84 Å². The number of nitrogens with two attached hydrogens (primary N) is 1. The Bertz CT molecular complexity index is 1410. The SMILES string of the molecule is COc1cccc2c1C(=O)c1c(O)c3c(c(O)c1C2=O)C[C@@](O)(C(=O)CO)C[C@@H]3OC1CC(NN)C(O)C(C)O1. The van der Waals surface area contributed by atoms with Crippen molar-refractivity contribution < 1.29 is 54.1 Å². The van der Waals surface area contributed by atoms with E-state index >= 15 is 0 Å². The summed E-state index contributed by atoms with van der Waals surface area (Å²) in [6, 6.07) is 3.71. The number of benzene rings is 2. The van der Waals surface area contributed by atoms with Crippen molar-refractivity contribution in [1.82, 2.24) is 5.43 Å².